The predicted octanol–water partition coefficient (Wildman–Crippen LogP) is 2.89. The molecule has 0 radical (unpaired) electrons. The van der Waals surface area contributed by atoms with Crippen molar-refractivity contribution in [3.63, 3.8) is 0 Å². The number of nitrogens with zero attached hydrogens (tertiary/aromatic N) is 1. The molecule has 1 atom stereocenters. The van der Waals surface area contributed by atoms with E-state index in [4.69, 9.17) is 15.2 Å². The Hall–Kier alpha value is -2.69. The van der Waals surface area contributed by atoms with Crippen LogP contribution in [0.25, 0.3) is 0 Å². The molecule has 25 heavy (non-hydrogen) atoms. The second-order valence-electron chi connectivity index (χ2n) is 6.13. The summed E-state index contributed by atoms with van der Waals surface area (Å²) in [5.41, 5.74) is 7.70. The summed E-state index contributed by atoms with van der Waals surface area (Å²) in [6.45, 7) is 3.59. The standard InChI is InChI=1S/C20H24N2O3/c1-2-22(20(23)12-11-15-7-3-4-8-17(15)21)13-16-14-24-18-9-5-6-10-19(18)25-16/h3-10,16H,2,11-14,21H2,1H3. The molecule has 2 N–H and O–H groups in total. The maximum absolute atomic E-state index is 12.6. The van der Waals surface area contributed by atoms with Gasteiger partial charge in [-0.3, -0.25) is 4.79 Å². The fourth-order valence-corrected chi connectivity index (χ4v) is 2.97. The quantitative estimate of drug-likeness (QED) is 0.821. The van der Waals surface area contributed by atoms with Crippen molar-refractivity contribution < 1.29 is 14.3 Å². The molecular formula is C20H24N2O3. The highest BCUT2D eigenvalue weighted by Gasteiger charge is 2.24. The molecule has 1 aliphatic heterocycles. The van der Waals surface area contributed by atoms with Crippen LogP contribution in [0.1, 0.15) is 18.9 Å². The van der Waals surface area contributed by atoms with Gasteiger partial charge in [-0.2, -0.15) is 0 Å². The minimum Gasteiger partial charge on any atom is -0.486 e. The lowest BCUT2D eigenvalue weighted by atomic mass is 10.1. The minimum absolute atomic E-state index is 0.105. The first-order valence-corrected chi connectivity index (χ1v) is 8.67. The van der Waals surface area contributed by atoms with Crippen LogP contribution in [0.2, 0.25) is 0 Å². The third-order valence-electron chi connectivity index (χ3n) is 4.39. The molecule has 2 aromatic carbocycles. The average molecular weight is 340 g/mol. The number of benzene rings is 2. The van der Waals surface area contributed by atoms with Gasteiger partial charge in [0.1, 0.15) is 6.61 Å². The van der Waals surface area contributed by atoms with Gasteiger partial charge in [0.2, 0.25) is 5.91 Å². The molecule has 132 valence electrons. The molecular weight excluding hydrogens is 316 g/mol. The van der Waals surface area contributed by atoms with E-state index in [0.717, 1.165) is 22.7 Å². The highest BCUT2D eigenvalue weighted by Crippen LogP contribution is 2.31. The Labute approximate surface area is 148 Å². The van der Waals surface area contributed by atoms with Crippen LogP contribution < -0.4 is 15.2 Å². The van der Waals surface area contributed by atoms with Crippen LogP contribution in [0.5, 0.6) is 11.5 Å². The maximum Gasteiger partial charge on any atom is 0.223 e. The molecule has 2 aromatic rings. The van der Waals surface area contributed by atoms with E-state index in [-0.39, 0.29) is 12.0 Å². The van der Waals surface area contributed by atoms with Crippen LogP contribution >= 0.6 is 0 Å². The molecule has 1 aliphatic rings. The number of carbonyl (C=O) groups is 1. The molecule has 3 rings (SSSR count). The zero-order valence-corrected chi connectivity index (χ0v) is 14.5. The van der Waals surface area contributed by atoms with Crippen LogP contribution in [0.15, 0.2) is 48.5 Å². The van der Waals surface area contributed by atoms with Gasteiger partial charge < -0.3 is 20.1 Å². The van der Waals surface area contributed by atoms with E-state index in [0.29, 0.717) is 32.5 Å². The molecule has 0 fully saturated rings. The summed E-state index contributed by atoms with van der Waals surface area (Å²) in [6.07, 6.45) is 0.930. The van der Waals surface area contributed by atoms with E-state index in [1.807, 2.05) is 60.4 Å². The molecule has 1 amide bonds. The minimum atomic E-state index is -0.152. The fraction of sp³-hybridized carbons (Fsp3) is 0.350. The third-order valence-corrected chi connectivity index (χ3v) is 4.39. The number of hydrogen-bond donors (Lipinski definition) is 1. The molecule has 5 heteroatoms. The second kappa shape index (κ2) is 7.92. The van der Waals surface area contributed by atoms with E-state index in [9.17, 15) is 4.79 Å². The zero-order chi connectivity index (χ0) is 17.6. The highest BCUT2D eigenvalue weighted by molar-refractivity contribution is 5.76. The first-order chi connectivity index (χ1) is 12.2. The van der Waals surface area contributed by atoms with E-state index < -0.39 is 0 Å². The number of ether oxygens (including phenoxy) is 2. The predicted molar refractivity (Wildman–Crippen MR) is 97.8 cm³/mol. The van der Waals surface area contributed by atoms with Gasteiger partial charge in [-0.15, -0.1) is 0 Å². The molecule has 0 spiro atoms. The van der Waals surface area contributed by atoms with Crippen LogP contribution in [-0.4, -0.2) is 36.6 Å². The van der Waals surface area contributed by atoms with E-state index in [1.54, 1.807) is 0 Å². The van der Waals surface area contributed by atoms with E-state index >= 15 is 0 Å². The van der Waals surface area contributed by atoms with Gasteiger partial charge in [0.05, 0.1) is 6.54 Å². The van der Waals surface area contributed by atoms with Crippen molar-refractivity contribution in [3.05, 3.63) is 54.1 Å². The molecule has 0 aromatic heterocycles. The Morgan fingerprint density at radius 3 is 2.64 bits per heavy atom. The average Bonchev–Trinajstić information content (AvgIpc) is 2.65. The van der Waals surface area contributed by atoms with Crippen molar-refractivity contribution in [3.8, 4) is 11.5 Å². The Morgan fingerprint density at radius 1 is 1.16 bits per heavy atom. The topological polar surface area (TPSA) is 64.8 Å². The molecule has 0 saturated heterocycles. The van der Waals surface area contributed by atoms with Gasteiger partial charge in [-0.05, 0) is 37.1 Å². The monoisotopic (exact) mass is 340 g/mol. The normalized spacial score (nSPS) is 15.6. The Kier molecular flexibility index (Phi) is 5.43. The molecule has 5 nitrogen and oxygen atoms in total. The lowest BCUT2D eigenvalue weighted by Crippen LogP contribution is -2.43. The SMILES string of the molecule is CCN(CC1COc2ccccc2O1)C(=O)CCc1ccccc1N. The van der Waals surface area contributed by atoms with Gasteiger partial charge in [0, 0.05) is 18.7 Å². The van der Waals surface area contributed by atoms with Crippen molar-refractivity contribution in [1.29, 1.82) is 0 Å². The van der Waals surface area contributed by atoms with Crippen molar-refractivity contribution in [2.24, 2.45) is 0 Å². The largest absolute Gasteiger partial charge is 0.486 e. The second-order valence-corrected chi connectivity index (χ2v) is 6.13. The lowest BCUT2D eigenvalue weighted by molar-refractivity contribution is -0.132. The van der Waals surface area contributed by atoms with Crippen molar-refractivity contribution in [2.75, 3.05) is 25.4 Å². The highest BCUT2D eigenvalue weighted by atomic mass is 16.6. The first-order valence-electron chi connectivity index (χ1n) is 8.67. The molecule has 0 saturated carbocycles. The van der Waals surface area contributed by atoms with Gasteiger partial charge in [-0.25, -0.2) is 0 Å². The van der Waals surface area contributed by atoms with Crippen LogP contribution in [0.3, 0.4) is 0 Å². The number of fused-ring (bicyclic) bond motifs is 1. The third kappa shape index (κ3) is 4.24. The smallest absolute Gasteiger partial charge is 0.223 e. The van der Waals surface area contributed by atoms with Crippen LogP contribution in [0, 0.1) is 0 Å². The number of nitrogens with two attached hydrogens (primary N) is 1. The number of rotatable bonds is 6. The Balaban J connectivity index is 1.55. The van der Waals surface area contributed by atoms with Gasteiger partial charge in [0.15, 0.2) is 17.6 Å². The van der Waals surface area contributed by atoms with Crippen molar-refractivity contribution >= 4 is 11.6 Å². The summed E-state index contributed by atoms with van der Waals surface area (Å²) in [4.78, 5) is 14.4. The number of nitrogen functional groups attached to an aromatic ring is 1. The lowest BCUT2D eigenvalue weighted by Gasteiger charge is -2.31. The number of anilines is 1. The zero-order valence-electron chi connectivity index (χ0n) is 14.5. The summed E-state index contributed by atoms with van der Waals surface area (Å²) < 4.78 is 11.7. The summed E-state index contributed by atoms with van der Waals surface area (Å²) in [5, 5.41) is 0. The Morgan fingerprint density at radius 2 is 1.88 bits per heavy atom. The van der Waals surface area contributed by atoms with Gasteiger partial charge in [0.25, 0.3) is 0 Å². The summed E-state index contributed by atoms with van der Waals surface area (Å²) in [6, 6.07) is 15.3. The van der Waals surface area contributed by atoms with Crippen molar-refractivity contribution in [2.45, 2.75) is 25.9 Å². The maximum atomic E-state index is 12.6. The number of likely N-dealkylation sites (N-methyl/N-ethyl adjacent to an activating group) is 1. The van der Waals surface area contributed by atoms with Gasteiger partial charge in [-0.1, -0.05) is 30.3 Å². The van der Waals surface area contributed by atoms with E-state index in [2.05, 4.69) is 0 Å². The van der Waals surface area contributed by atoms with Gasteiger partial charge >= 0.3 is 0 Å². The summed E-state index contributed by atoms with van der Waals surface area (Å²) >= 11 is 0. The summed E-state index contributed by atoms with van der Waals surface area (Å²) in [5.74, 6) is 1.60. The number of carbonyl (C=O) groups excluding carboxylic acids is 1. The van der Waals surface area contributed by atoms with E-state index in [1.165, 1.54) is 0 Å². The number of aryl methyl sites for hydroxylation is 1. The Bertz CT molecular complexity index is 732. The fourth-order valence-electron chi connectivity index (χ4n) is 2.97. The molecule has 0 aliphatic carbocycles. The first kappa shape index (κ1) is 17.1. The summed E-state index contributed by atoms with van der Waals surface area (Å²) in [7, 11) is 0. The van der Waals surface area contributed by atoms with Crippen molar-refractivity contribution in [1.82, 2.24) is 4.90 Å². The molecule has 1 unspecified atom stereocenters. The number of para-hydroxylation sites is 3. The number of hydrogen-bond acceptors (Lipinski definition) is 4. The molecule has 1 heterocycles. The van der Waals surface area contributed by atoms with Crippen LogP contribution in [-0.2, 0) is 11.2 Å². The number of amides is 1. The van der Waals surface area contributed by atoms with Crippen LogP contribution in [0.4, 0.5) is 5.69 Å². The molecule has 0 bridgehead atoms.